The zero-order valence-corrected chi connectivity index (χ0v) is 6.61. The third-order valence-electron chi connectivity index (χ3n) is 1.28. The summed E-state index contributed by atoms with van der Waals surface area (Å²) in [6, 6.07) is 0. The molecule has 0 saturated heterocycles. The minimum absolute atomic E-state index is 0.0411. The zero-order valence-electron chi connectivity index (χ0n) is 6.61. The number of nitrogens with zero attached hydrogens (tertiary/aromatic N) is 1. The van der Waals surface area contributed by atoms with Crippen LogP contribution in [0.15, 0.2) is 10.8 Å². The van der Waals surface area contributed by atoms with Crippen LogP contribution in [-0.4, -0.2) is 22.8 Å². The van der Waals surface area contributed by atoms with Crippen molar-refractivity contribution >= 4 is 5.97 Å². The number of aliphatic hydroxyl groups is 1. The van der Waals surface area contributed by atoms with Gasteiger partial charge in [-0.15, -0.1) is 0 Å². The van der Waals surface area contributed by atoms with E-state index in [0.29, 0.717) is 5.56 Å². The van der Waals surface area contributed by atoms with Crippen molar-refractivity contribution in [2.45, 2.75) is 13.5 Å². The molecule has 0 amide bonds. The summed E-state index contributed by atoms with van der Waals surface area (Å²) in [5, 5.41) is 12.1. The Labute approximate surface area is 68.9 Å². The van der Waals surface area contributed by atoms with Crippen LogP contribution >= 0.6 is 0 Å². The van der Waals surface area contributed by atoms with Gasteiger partial charge in [-0.05, 0) is 6.92 Å². The fourth-order valence-electron chi connectivity index (χ4n) is 0.737. The Bertz CT molecular complexity index is 268. The first kappa shape index (κ1) is 8.73. The molecule has 1 N–H and O–H groups in total. The van der Waals surface area contributed by atoms with Crippen LogP contribution in [0.1, 0.15) is 23.0 Å². The Morgan fingerprint density at radius 2 is 2.58 bits per heavy atom. The van der Waals surface area contributed by atoms with Crippen LogP contribution in [0.2, 0.25) is 0 Å². The molecule has 12 heavy (non-hydrogen) atoms. The van der Waals surface area contributed by atoms with Gasteiger partial charge in [0.2, 0.25) is 0 Å². The molecular formula is C7H9NO4. The molecule has 0 saturated carbocycles. The molecule has 5 nitrogen and oxygen atoms in total. The molecule has 0 aliphatic heterocycles. The molecule has 0 spiro atoms. The number of aromatic nitrogens is 1. The summed E-state index contributed by atoms with van der Waals surface area (Å²) in [4.78, 5) is 11.0. The molecule has 1 aromatic heterocycles. The molecule has 0 aromatic carbocycles. The third kappa shape index (κ3) is 1.62. The monoisotopic (exact) mass is 171 g/mol. The highest BCUT2D eigenvalue weighted by molar-refractivity contribution is 5.88. The highest BCUT2D eigenvalue weighted by Gasteiger charge is 2.16. The van der Waals surface area contributed by atoms with Crippen LogP contribution in [0, 0.1) is 0 Å². The van der Waals surface area contributed by atoms with Gasteiger partial charge in [0.1, 0.15) is 6.26 Å². The molecule has 0 fully saturated rings. The molecule has 1 aromatic rings. The zero-order chi connectivity index (χ0) is 8.97. The predicted octanol–water partition coefficient (Wildman–Crippen LogP) is 0.344. The van der Waals surface area contributed by atoms with Crippen LogP contribution in [0.25, 0.3) is 0 Å². The maximum absolute atomic E-state index is 11.0. The van der Waals surface area contributed by atoms with Crippen LogP contribution in [0.5, 0.6) is 0 Å². The summed E-state index contributed by atoms with van der Waals surface area (Å²) >= 11 is 0. The Kier molecular flexibility index (Phi) is 2.82. The number of carbonyl (C=O) groups is 1. The van der Waals surface area contributed by atoms with Gasteiger partial charge < -0.3 is 14.4 Å². The predicted molar refractivity (Wildman–Crippen MR) is 38.4 cm³/mol. The normalized spacial score (nSPS) is 9.83. The van der Waals surface area contributed by atoms with Gasteiger partial charge in [-0.2, -0.15) is 0 Å². The quantitative estimate of drug-likeness (QED) is 0.664. The largest absolute Gasteiger partial charge is 0.461 e. The van der Waals surface area contributed by atoms with E-state index in [1.165, 1.54) is 6.26 Å². The van der Waals surface area contributed by atoms with Crippen molar-refractivity contribution in [2.24, 2.45) is 0 Å². The Balaban J connectivity index is 2.79. The second-order valence-corrected chi connectivity index (χ2v) is 2.07. The summed E-state index contributed by atoms with van der Waals surface area (Å²) in [6.07, 6.45) is 1.21. The number of esters is 1. The third-order valence-corrected chi connectivity index (χ3v) is 1.28. The van der Waals surface area contributed by atoms with Crippen LogP contribution in [-0.2, 0) is 11.3 Å². The van der Waals surface area contributed by atoms with E-state index in [1.54, 1.807) is 6.92 Å². The minimum Gasteiger partial charge on any atom is -0.461 e. The van der Waals surface area contributed by atoms with Gasteiger partial charge in [0, 0.05) is 0 Å². The number of rotatable bonds is 3. The lowest BCUT2D eigenvalue weighted by Gasteiger charge is -1.97. The summed E-state index contributed by atoms with van der Waals surface area (Å²) in [5.41, 5.74) is 0.382. The van der Waals surface area contributed by atoms with E-state index in [-0.39, 0.29) is 18.9 Å². The molecule has 0 radical (unpaired) electrons. The standard InChI is InChI=1S/C7H9NO4/c1-2-11-7(10)6-5(3-9)4-12-8-6/h4,9H,2-3H2,1H3. The van der Waals surface area contributed by atoms with E-state index >= 15 is 0 Å². The summed E-state index contributed by atoms with van der Waals surface area (Å²) in [7, 11) is 0. The van der Waals surface area contributed by atoms with Gasteiger partial charge in [0.25, 0.3) is 0 Å². The van der Waals surface area contributed by atoms with Crippen molar-refractivity contribution in [3.63, 3.8) is 0 Å². The van der Waals surface area contributed by atoms with Crippen molar-refractivity contribution < 1.29 is 19.2 Å². The van der Waals surface area contributed by atoms with Gasteiger partial charge in [-0.25, -0.2) is 4.79 Å². The molecule has 5 heteroatoms. The Morgan fingerprint density at radius 3 is 3.17 bits per heavy atom. The van der Waals surface area contributed by atoms with Crippen molar-refractivity contribution in [3.8, 4) is 0 Å². The summed E-state index contributed by atoms with van der Waals surface area (Å²) in [5.74, 6) is -0.574. The van der Waals surface area contributed by atoms with E-state index in [1.807, 2.05) is 0 Å². The highest BCUT2D eigenvalue weighted by Crippen LogP contribution is 2.07. The molecule has 0 bridgehead atoms. The average Bonchev–Trinajstić information content (AvgIpc) is 2.51. The molecule has 0 unspecified atom stereocenters. The number of aliphatic hydroxyl groups excluding tert-OH is 1. The van der Waals surface area contributed by atoms with Crippen molar-refractivity contribution in [1.29, 1.82) is 0 Å². The molecule has 0 atom stereocenters. The fourth-order valence-corrected chi connectivity index (χ4v) is 0.737. The molecular weight excluding hydrogens is 162 g/mol. The number of hydrogen-bond donors (Lipinski definition) is 1. The first-order chi connectivity index (χ1) is 5.79. The van der Waals surface area contributed by atoms with Gasteiger partial charge >= 0.3 is 5.97 Å². The van der Waals surface area contributed by atoms with E-state index in [0.717, 1.165) is 0 Å². The van der Waals surface area contributed by atoms with Crippen molar-refractivity contribution in [1.82, 2.24) is 5.16 Å². The Hall–Kier alpha value is -1.36. The average molecular weight is 171 g/mol. The lowest BCUT2D eigenvalue weighted by Crippen LogP contribution is -2.07. The van der Waals surface area contributed by atoms with Gasteiger partial charge in [0.15, 0.2) is 5.69 Å². The first-order valence-electron chi connectivity index (χ1n) is 3.50. The topological polar surface area (TPSA) is 72.6 Å². The first-order valence-corrected chi connectivity index (χ1v) is 3.50. The van der Waals surface area contributed by atoms with E-state index in [2.05, 4.69) is 14.4 Å². The maximum atomic E-state index is 11.0. The van der Waals surface area contributed by atoms with Gasteiger partial charge in [0.05, 0.1) is 18.8 Å². The highest BCUT2D eigenvalue weighted by atomic mass is 16.5. The number of carbonyl (C=O) groups excluding carboxylic acids is 1. The van der Waals surface area contributed by atoms with Crippen LogP contribution in [0.4, 0.5) is 0 Å². The molecule has 66 valence electrons. The van der Waals surface area contributed by atoms with E-state index in [9.17, 15) is 4.79 Å². The van der Waals surface area contributed by atoms with Crippen LogP contribution < -0.4 is 0 Å². The minimum atomic E-state index is -0.574. The SMILES string of the molecule is CCOC(=O)c1nocc1CO. The van der Waals surface area contributed by atoms with Crippen molar-refractivity contribution in [3.05, 3.63) is 17.5 Å². The lowest BCUT2D eigenvalue weighted by atomic mass is 10.3. The fraction of sp³-hybridized carbons (Fsp3) is 0.429. The summed E-state index contributed by atoms with van der Waals surface area (Å²) < 4.78 is 9.15. The maximum Gasteiger partial charge on any atom is 0.360 e. The van der Waals surface area contributed by atoms with Crippen LogP contribution in [0.3, 0.4) is 0 Å². The Morgan fingerprint density at radius 1 is 1.83 bits per heavy atom. The van der Waals surface area contributed by atoms with Gasteiger partial charge in [-0.1, -0.05) is 5.16 Å². The lowest BCUT2D eigenvalue weighted by molar-refractivity contribution is 0.0511. The number of hydrogen-bond acceptors (Lipinski definition) is 5. The number of ether oxygens (including phenoxy) is 1. The molecule has 1 rings (SSSR count). The van der Waals surface area contributed by atoms with Crippen molar-refractivity contribution in [2.75, 3.05) is 6.61 Å². The van der Waals surface area contributed by atoms with Gasteiger partial charge in [-0.3, -0.25) is 0 Å². The van der Waals surface area contributed by atoms with E-state index in [4.69, 9.17) is 5.11 Å². The molecule has 0 aliphatic carbocycles. The summed E-state index contributed by atoms with van der Waals surface area (Å²) in [6.45, 7) is 1.69. The molecule has 1 heterocycles. The van der Waals surface area contributed by atoms with E-state index < -0.39 is 5.97 Å². The second kappa shape index (κ2) is 3.87. The molecule has 0 aliphatic rings. The second-order valence-electron chi connectivity index (χ2n) is 2.07. The smallest absolute Gasteiger partial charge is 0.360 e.